The summed E-state index contributed by atoms with van der Waals surface area (Å²) in [5, 5.41) is 9.52. The Morgan fingerprint density at radius 3 is 2.43 bits per heavy atom. The molecular formula is C19H19NO3. The van der Waals surface area contributed by atoms with E-state index in [2.05, 4.69) is 0 Å². The number of fused-ring (bicyclic) bond motifs is 1. The standard InChI is InChI=1S/C19H19NO3/c1-2-20-13-14-8-6-7-11-16(14)19(18(20)23,12-17(21)22)15-9-4-3-5-10-15/h3-11H,2,12-13H2,1H3,(H,21,22). The van der Waals surface area contributed by atoms with Gasteiger partial charge in [0, 0.05) is 13.1 Å². The first-order chi connectivity index (χ1) is 11.1. The van der Waals surface area contributed by atoms with Crippen molar-refractivity contribution in [3.8, 4) is 0 Å². The molecular weight excluding hydrogens is 290 g/mol. The molecule has 0 saturated carbocycles. The van der Waals surface area contributed by atoms with Crippen LogP contribution in [0.5, 0.6) is 0 Å². The SMILES string of the molecule is CCN1Cc2ccccc2C(CC(=O)O)(c2ccccc2)C1=O. The Kier molecular flexibility index (Phi) is 3.90. The molecule has 1 aliphatic rings. The second-order valence-electron chi connectivity index (χ2n) is 5.82. The first-order valence-electron chi connectivity index (χ1n) is 7.74. The number of rotatable bonds is 4. The first kappa shape index (κ1) is 15.3. The number of likely N-dealkylation sites (N-methyl/N-ethyl adjacent to an activating group) is 1. The van der Waals surface area contributed by atoms with Gasteiger partial charge in [0.25, 0.3) is 0 Å². The van der Waals surface area contributed by atoms with Crippen molar-refractivity contribution in [2.75, 3.05) is 6.54 Å². The Balaban J connectivity index is 2.31. The second kappa shape index (κ2) is 5.88. The zero-order valence-corrected chi connectivity index (χ0v) is 13.0. The van der Waals surface area contributed by atoms with Crippen LogP contribution in [-0.2, 0) is 21.5 Å². The van der Waals surface area contributed by atoms with Crippen molar-refractivity contribution in [2.24, 2.45) is 0 Å². The van der Waals surface area contributed by atoms with Crippen molar-refractivity contribution in [3.05, 3.63) is 71.3 Å². The van der Waals surface area contributed by atoms with E-state index in [9.17, 15) is 14.7 Å². The van der Waals surface area contributed by atoms with Gasteiger partial charge in [-0.1, -0.05) is 54.6 Å². The van der Waals surface area contributed by atoms with Gasteiger partial charge in [0.15, 0.2) is 0 Å². The molecule has 0 fully saturated rings. The fraction of sp³-hybridized carbons (Fsp3) is 0.263. The number of aliphatic carboxylic acids is 1. The Labute approximate surface area is 135 Å². The number of amides is 1. The molecule has 0 bridgehead atoms. The van der Waals surface area contributed by atoms with Crippen LogP contribution in [0.1, 0.15) is 30.0 Å². The molecule has 3 rings (SSSR count). The van der Waals surface area contributed by atoms with Crippen LogP contribution < -0.4 is 0 Å². The summed E-state index contributed by atoms with van der Waals surface area (Å²) < 4.78 is 0. The molecule has 118 valence electrons. The lowest BCUT2D eigenvalue weighted by Gasteiger charge is -2.42. The molecule has 0 saturated heterocycles. The smallest absolute Gasteiger partial charge is 0.305 e. The van der Waals surface area contributed by atoms with Gasteiger partial charge >= 0.3 is 5.97 Å². The highest BCUT2D eigenvalue weighted by atomic mass is 16.4. The van der Waals surface area contributed by atoms with Crippen LogP contribution in [-0.4, -0.2) is 28.4 Å². The average Bonchev–Trinajstić information content (AvgIpc) is 2.57. The quantitative estimate of drug-likeness (QED) is 0.945. The maximum Gasteiger partial charge on any atom is 0.305 e. The summed E-state index contributed by atoms with van der Waals surface area (Å²) >= 11 is 0. The second-order valence-corrected chi connectivity index (χ2v) is 5.82. The van der Waals surface area contributed by atoms with Crippen LogP contribution in [0.15, 0.2) is 54.6 Å². The van der Waals surface area contributed by atoms with E-state index in [1.807, 2.05) is 61.5 Å². The molecule has 0 spiro atoms. The lowest BCUT2D eigenvalue weighted by molar-refractivity contribution is -0.146. The summed E-state index contributed by atoms with van der Waals surface area (Å²) in [6.07, 6.45) is -0.247. The molecule has 0 aliphatic carbocycles. The highest BCUT2D eigenvalue weighted by Gasteiger charge is 2.49. The average molecular weight is 309 g/mol. The summed E-state index contributed by atoms with van der Waals surface area (Å²) in [7, 11) is 0. The summed E-state index contributed by atoms with van der Waals surface area (Å²) in [6.45, 7) is 3.00. The van der Waals surface area contributed by atoms with E-state index < -0.39 is 11.4 Å². The van der Waals surface area contributed by atoms with Crippen LogP contribution in [0.25, 0.3) is 0 Å². The predicted octanol–water partition coefficient (Wildman–Crippen LogP) is 2.81. The predicted molar refractivity (Wildman–Crippen MR) is 87.0 cm³/mol. The largest absolute Gasteiger partial charge is 0.481 e. The van der Waals surface area contributed by atoms with Crippen LogP contribution in [0, 0.1) is 0 Å². The molecule has 0 radical (unpaired) electrons. The number of carboxylic acid groups (broad SMARTS) is 1. The molecule has 4 heteroatoms. The lowest BCUT2D eigenvalue weighted by atomic mass is 9.67. The topological polar surface area (TPSA) is 57.6 Å². The molecule has 2 aromatic carbocycles. The number of carbonyl (C=O) groups excluding carboxylic acids is 1. The van der Waals surface area contributed by atoms with E-state index in [1.165, 1.54) is 0 Å². The van der Waals surface area contributed by atoms with Gasteiger partial charge in [0.05, 0.1) is 6.42 Å². The number of carboxylic acids is 1. The summed E-state index contributed by atoms with van der Waals surface area (Å²) in [6, 6.07) is 16.9. The molecule has 1 heterocycles. The van der Waals surface area contributed by atoms with Crippen molar-refractivity contribution in [1.29, 1.82) is 0 Å². The zero-order chi connectivity index (χ0) is 16.4. The van der Waals surface area contributed by atoms with E-state index in [4.69, 9.17) is 0 Å². The van der Waals surface area contributed by atoms with Crippen molar-refractivity contribution in [1.82, 2.24) is 4.90 Å². The van der Waals surface area contributed by atoms with Crippen LogP contribution in [0.4, 0.5) is 0 Å². The zero-order valence-electron chi connectivity index (χ0n) is 13.0. The minimum absolute atomic E-state index is 0.132. The molecule has 0 aromatic heterocycles. The number of nitrogens with zero attached hydrogens (tertiary/aromatic N) is 1. The maximum atomic E-state index is 13.2. The van der Waals surface area contributed by atoms with E-state index in [0.29, 0.717) is 13.1 Å². The molecule has 4 nitrogen and oxygen atoms in total. The van der Waals surface area contributed by atoms with Gasteiger partial charge in [-0.05, 0) is 23.6 Å². The lowest BCUT2D eigenvalue weighted by Crippen LogP contribution is -2.52. The van der Waals surface area contributed by atoms with Crippen LogP contribution in [0.2, 0.25) is 0 Å². The van der Waals surface area contributed by atoms with Crippen LogP contribution >= 0.6 is 0 Å². The Morgan fingerprint density at radius 1 is 1.13 bits per heavy atom. The number of carbonyl (C=O) groups is 2. The third-order valence-corrected chi connectivity index (χ3v) is 4.56. The molecule has 1 atom stereocenters. The monoisotopic (exact) mass is 309 g/mol. The van der Waals surface area contributed by atoms with Gasteiger partial charge in [-0.25, -0.2) is 0 Å². The fourth-order valence-electron chi connectivity index (χ4n) is 3.49. The minimum atomic E-state index is -1.15. The van der Waals surface area contributed by atoms with E-state index in [1.54, 1.807) is 4.90 Å². The van der Waals surface area contributed by atoms with Gasteiger partial charge in [-0.3, -0.25) is 9.59 Å². The van der Waals surface area contributed by atoms with E-state index in [-0.39, 0.29) is 12.3 Å². The molecule has 23 heavy (non-hydrogen) atoms. The third kappa shape index (κ3) is 2.40. The van der Waals surface area contributed by atoms with E-state index >= 15 is 0 Å². The van der Waals surface area contributed by atoms with Gasteiger partial charge in [-0.2, -0.15) is 0 Å². The number of hydrogen-bond acceptors (Lipinski definition) is 2. The van der Waals surface area contributed by atoms with Gasteiger partial charge < -0.3 is 10.0 Å². The normalized spacial score (nSPS) is 20.2. The molecule has 1 unspecified atom stereocenters. The molecule has 1 amide bonds. The van der Waals surface area contributed by atoms with Crippen molar-refractivity contribution < 1.29 is 14.7 Å². The highest BCUT2D eigenvalue weighted by Crippen LogP contribution is 2.43. The molecule has 1 aliphatic heterocycles. The molecule has 2 aromatic rings. The Bertz CT molecular complexity index is 741. The van der Waals surface area contributed by atoms with Crippen LogP contribution in [0.3, 0.4) is 0 Å². The minimum Gasteiger partial charge on any atom is -0.481 e. The Morgan fingerprint density at radius 2 is 1.78 bits per heavy atom. The molecule has 1 N–H and O–H groups in total. The summed E-state index contributed by atoms with van der Waals surface area (Å²) in [5.41, 5.74) is 1.40. The van der Waals surface area contributed by atoms with E-state index in [0.717, 1.165) is 16.7 Å². The van der Waals surface area contributed by atoms with Gasteiger partial charge in [0.2, 0.25) is 5.91 Å². The number of hydrogen-bond donors (Lipinski definition) is 1. The fourth-order valence-corrected chi connectivity index (χ4v) is 3.49. The van der Waals surface area contributed by atoms with Crippen molar-refractivity contribution in [2.45, 2.75) is 25.3 Å². The summed E-state index contributed by atoms with van der Waals surface area (Å²) in [5.74, 6) is -1.11. The van der Waals surface area contributed by atoms with Gasteiger partial charge in [-0.15, -0.1) is 0 Å². The van der Waals surface area contributed by atoms with Crippen molar-refractivity contribution >= 4 is 11.9 Å². The Hall–Kier alpha value is -2.62. The third-order valence-electron chi connectivity index (χ3n) is 4.56. The number of benzene rings is 2. The maximum absolute atomic E-state index is 13.2. The highest BCUT2D eigenvalue weighted by molar-refractivity contribution is 5.97. The first-order valence-corrected chi connectivity index (χ1v) is 7.74. The van der Waals surface area contributed by atoms with Crippen molar-refractivity contribution in [3.63, 3.8) is 0 Å². The summed E-state index contributed by atoms with van der Waals surface area (Å²) in [4.78, 5) is 26.6. The van der Waals surface area contributed by atoms with Gasteiger partial charge in [0.1, 0.15) is 5.41 Å².